The van der Waals surface area contributed by atoms with Crippen molar-refractivity contribution < 1.29 is 18.0 Å². The van der Waals surface area contributed by atoms with Crippen LogP contribution in [0.5, 0.6) is 0 Å². The van der Waals surface area contributed by atoms with Crippen molar-refractivity contribution in [1.29, 1.82) is 0 Å². The minimum atomic E-state index is -4.55. The molecule has 4 nitrogen and oxygen atoms in total. The van der Waals surface area contributed by atoms with E-state index in [0.29, 0.717) is 4.88 Å². The molecular formula is C15H13ClF3N3OS. The maximum atomic E-state index is 13.8. The molecule has 24 heavy (non-hydrogen) atoms. The summed E-state index contributed by atoms with van der Waals surface area (Å²) >= 11 is 7.20. The van der Waals surface area contributed by atoms with Crippen molar-refractivity contribution in [3.63, 3.8) is 0 Å². The number of alkyl halides is 3. The fourth-order valence-electron chi connectivity index (χ4n) is 2.74. The summed E-state index contributed by atoms with van der Waals surface area (Å²) in [4.78, 5) is 17.9. The highest BCUT2D eigenvalue weighted by molar-refractivity contribution is 7.11. The van der Waals surface area contributed by atoms with Gasteiger partial charge in [0.15, 0.2) is 0 Å². The number of rotatable bonds is 2. The van der Waals surface area contributed by atoms with Crippen LogP contribution in [0.2, 0.25) is 5.02 Å². The van der Waals surface area contributed by atoms with Crippen LogP contribution in [0.15, 0.2) is 24.4 Å². The number of nitrogens with zero attached hydrogens (tertiary/aromatic N) is 2. The first-order valence-corrected chi connectivity index (χ1v) is 8.25. The molecule has 0 saturated heterocycles. The second-order valence-corrected chi connectivity index (χ2v) is 7.23. The largest absolute Gasteiger partial charge is 0.408 e. The summed E-state index contributed by atoms with van der Waals surface area (Å²) in [5.41, 5.74) is 0.0804. The van der Waals surface area contributed by atoms with Gasteiger partial charge in [-0.1, -0.05) is 11.6 Å². The molecule has 128 valence electrons. The number of carbonyl (C=O) groups is 1. The zero-order chi connectivity index (χ0) is 17.5. The molecular weight excluding hydrogens is 363 g/mol. The Labute approximate surface area is 145 Å². The second kappa shape index (κ2) is 6.34. The summed E-state index contributed by atoms with van der Waals surface area (Å²) < 4.78 is 41.3. The van der Waals surface area contributed by atoms with Gasteiger partial charge in [-0.3, -0.25) is 9.69 Å². The van der Waals surface area contributed by atoms with Crippen LogP contribution in [0, 0.1) is 6.92 Å². The van der Waals surface area contributed by atoms with Gasteiger partial charge in [-0.15, -0.1) is 11.3 Å². The predicted molar refractivity (Wildman–Crippen MR) is 86.1 cm³/mol. The van der Waals surface area contributed by atoms with Gasteiger partial charge < -0.3 is 5.32 Å². The summed E-state index contributed by atoms with van der Waals surface area (Å²) in [7, 11) is 0. The van der Waals surface area contributed by atoms with Crippen LogP contribution in [0.3, 0.4) is 0 Å². The Morgan fingerprint density at radius 1 is 1.46 bits per heavy atom. The maximum Gasteiger partial charge on any atom is 0.408 e. The van der Waals surface area contributed by atoms with Gasteiger partial charge in [0.1, 0.15) is 6.04 Å². The van der Waals surface area contributed by atoms with Crippen LogP contribution in [0.25, 0.3) is 0 Å². The third-order valence-electron chi connectivity index (χ3n) is 3.63. The molecule has 1 aromatic carbocycles. The number of nitrogens with one attached hydrogen (secondary N) is 1. The topological polar surface area (TPSA) is 45.2 Å². The molecule has 0 spiro atoms. The molecule has 1 aliphatic heterocycles. The number of aryl methyl sites for hydroxylation is 1. The lowest BCUT2D eigenvalue weighted by atomic mass is 10.0. The van der Waals surface area contributed by atoms with E-state index in [-0.39, 0.29) is 29.4 Å². The first kappa shape index (κ1) is 17.2. The first-order chi connectivity index (χ1) is 11.2. The van der Waals surface area contributed by atoms with Crippen LogP contribution in [-0.4, -0.2) is 28.5 Å². The SMILES string of the molecule is Cc1ncc(CN2CC(=O)Nc3ccc(Cl)cc3C2C(F)(F)F)s1. The summed E-state index contributed by atoms with van der Waals surface area (Å²) in [6, 6.07) is 2.18. The van der Waals surface area contributed by atoms with Gasteiger partial charge in [0.25, 0.3) is 0 Å². The number of thiazole rings is 1. The van der Waals surface area contributed by atoms with E-state index >= 15 is 0 Å². The summed E-state index contributed by atoms with van der Waals surface area (Å²) in [5.74, 6) is -0.494. The Morgan fingerprint density at radius 2 is 2.21 bits per heavy atom. The molecule has 0 saturated carbocycles. The van der Waals surface area contributed by atoms with E-state index in [0.717, 1.165) is 9.91 Å². The van der Waals surface area contributed by atoms with Crippen LogP contribution in [-0.2, 0) is 11.3 Å². The Bertz CT molecular complexity index is 778. The molecule has 1 aromatic heterocycles. The number of halogens is 4. The molecule has 1 aliphatic rings. The summed E-state index contributed by atoms with van der Waals surface area (Å²) in [6.45, 7) is 1.39. The Balaban J connectivity index is 2.06. The summed E-state index contributed by atoms with van der Waals surface area (Å²) in [5, 5.41) is 3.47. The van der Waals surface area contributed by atoms with Crippen LogP contribution >= 0.6 is 22.9 Å². The molecule has 3 rings (SSSR count). The van der Waals surface area contributed by atoms with E-state index in [4.69, 9.17) is 11.6 Å². The quantitative estimate of drug-likeness (QED) is 0.857. The first-order valence-electron chi connectivity index (χ1n) is 7.05. The summed E-state index contributed by atoms with van der Waals surface area (Å²) in [6.07, 6.45) is -3.01. The lowest BCUT2D eigenvalue weighted by Crippen LogP contribution is -2.39. The van der Waals surface area contributed by atoms with E-state index in [9.17, 15) is 18.0 Å². The smallest absolute Gasteiger partial charge is 0.325 e. The normalized spacial score (nSPS) is 18.9. The third-order valence-corrected chi connectivity index (χ3v) is 4.76. The Morgan fingerprint density at radius 3 is 2.83 bits per heavy atom. The fourth-order valence-corrected chi connectivity index (χ4v) is 3.75. The average molecular weight is 376 g/mol. The Hall–Kier alpha value is -1.64. The van der Waals surface area contributed by atoms with E-state index in [2.05, 4.69) is 10.3 Å². The number of carbonyl (C=O) groups excluding carboxylic acids is 1. The lowest BCUT2D eigenvalue weighted by molar-refractivity contribution is -0.187. The van der Waals surface area contributed by atoms with Crippen LogP contribution < -0.4 is 5.32 Å². The molecule has 0 bridgehead atoms. The van der Waals surface area contributed by atoms with Gasteiger partial charge in [0.05, 0.1) is 11.6 Å². The highest BCUT2D eigenvalue weighted by Gasteiger charge is 2.47. The lowest BCUT2D eigenvalue weighted by Gasteiger charge is -2.31. The molecule has 1 amide bonds. The fraction of sp³-hybridized carbons (Fsp3) is 0.333. The standard InChI is InChI=1S/C15H13ClF3N3OS/c1-8-20-5-10(24-8)6-22-7-13(23)21-12-3-2-9(16)4-11(12)14(22)15(17,18)19/h2-5,14H,6-7H2,1H3,(H,21,23). The Kier molecular flexibility index (Phi) is 4.54. The second-order valence-electron chi connectivity index (χ2n) is 5.47. The molecule has 1 N–H and O–H groups in total. The van der Waals surface area contributed by atoms with E-state index in [1.807, 2.05) is 0 Å². The number of fused-ring (bicyclic) bond motifs is 1. The van der Waals surface area contributed by atoms with E-state index in [1.165, 1.54) is 35.7 Å². The number of anilines is 1. The van der Waals surface area contributed by atoms with Gasteiger partial charge in [-0.25, -0.2) is 4.98 Å². The highest BCUT2D eigenvalue weighted by Crippen LogP contribution is 2.43. The molecule has 0 radical (unpaired) electrons. The van der Waals surface area contributed by atoms with Gasteiger partial charge >= 0.3 is 6.18 Å². The van der Waals surface area contributed by atoms with Crippen molar-refractivity contribution in [1.82, 2.24) is 9.88 Å². The van der Waals surface area contributed by atoms with Gasteiger partial charge in [-0.05, 0) is 25.1 Å². The molecule has 2 aromatic rings. The molecule has 1 atom stereocenters. The highest BCUT2D eigenvalue weighted by atomic mass is 35.5. The predicted octanol–water partition coefficient (Wildman–Crippen LogP) is 4.16. The number of benzene rings is 1. The molecule has 9 heteroatoms. The average Bonchev–Trinajstić information content (AvgIpc) is 2.78. The zero-order valence-electron chi connectivity index (χ0n) is 12.5. The van der Waals surface area contributed by atoms with Crippen molar-refractivity contribution in [3.8, 4) is 0 Å². The molecule has 0 aliphatic carbocycles. The molecule has 0 fully saturated rings. The zero-order valence-corrected chi connectivity index (χ0v) is 14.1. The van der Waals surface area contributed by atoms with Crippen LogP contribution in [0.1, 0.15) is 21.5 Å². The number of hydrogen-bond donors (Lipinski definition) is 1. The van der Waals surface area contributed by atoms with E-state index < -0.39 is 18.1 Å². The number of hydrogen-bond acceptors (Lipinski definition) is 4. The maximum absolute atomic E-state index is 13.8. The van der Waals surface area contributed by atoms with Crippen molar-refractivity contribution in [2.45, 2.75) is 25.7 Å². The minimum Gasteiger partial charge on any atom is -0.325 e. The minimum absolute atomic E-state index is 0.0188. The van der Waals surface area contributed by atoms with Crippen molar-refractivity contribution in [2.75, 3.05) is 11.9 Å². The van der Waals surface area contributed by atoms with Crippen molar-refractivity contribution >= 4 is 34.5 Å². The van der Waals surface area contributed by atoms with Gasteiger partial charge in [-0.2, -0.15) is 13.2 Å². The third kappa shape index (κ3) is 3.55. The number of aromatic nitrogens is 1. The van der Waals surface area contributed by atoms with Crippen molar-refractivity contribution in [2.24, 2.45) is 0 Å². The molecule has 1 unspecified atom stereocenters. The van der Waals surface area contributed by atoms with Gasteiger partial charge in [0.2, 0.25) is 5.91 Å². The molecule has 2 heterocycles. The van der Waals surface area contributed by atoms with Crippen LogP contribution in [0.4, 0.5) is 18.9 Å². The van der Waals surface area contributed by atoms with Crippen molar-refractivity contribution in [3.05, 3.63) is 44.9 Å². The van der Waals surface area contributed by atoms with Gasteiger partial charge in [0, 0.05) is 33.9 Å². The monoisotopic (exact) mass is 375 g/mol. The van der Waals surface area contributed by atoms with E-state index in [1.54, 1.807) is 6.92 Å². The number of amides is 1.